The van der Waals surface area contributed by atoms with E-state index < -0.39 is 6.04 Å². The lowest BCUT2D eigenvalue weighted by Gasteiger charge is -2.03. The molecule has 4 heteroatoms. The summed E-state index contributed by atoms with van der Waals surface area (Å²) in [7, 11) is 0. The van der Waals surface area contributed by atoms with E-state index in [1.54, 1.807) is 0 Å². The van der Waals surface area contributed by atoms with Crippen LogP contribution < -0.4 is 5.73 Å². The predicted molar refractivity (Wildman–Crippen MR) is 51.9 cm³/mol. The second kappa shape index (κ2) is 2.87. The zero-order valence-corrected chi connectivity index (χ0v) is 8.48. The predicted octanol–water partition coefficient (Wildman–Crippen LogP) is 2.08. The lowest BCUT2D eigenvalue weighted by molar-refractivity contribution is -0.111. The fraction of sp³-hybridized carbons (Fsp3) is 0.125. The highest BCUT2D eigenvalue weighted by molar-refractivity contribution is 9.10. The second-order valence-electron chi connectivity index (χ2n) is 2.55. The molecule has 1 unspecified atom stereocenters. The summed E-state index contributed by atoms with van der Waals surface area (Å²) >= 11 is 4.59. The Kier molecular flexibility index (Phi) is 1.98. The van der Waals surface area contributed by atoms with Crippen molar-refractivity contribution in [1.82, 2.24) is 0 Å². The van der Waals surface area contributed by atoms with Gasteiger partial charge in [0.05, 0.1) is 0 Å². The molecular formula is C8H6BrNOS. The van der Waals surface area contributed by atoms with Crippen molar-refractivity contribution in [3.8, 4) is 0 Å². The van der Waals surface area contributed by atoms with Gasteiger partial charge in [-0.1, -0.05) is 22.0 Å². The molecule has 12 heavy (non-hydrogen) atoms. The molecule has 0 bridgehead atoms. The molecule has 1 aromatic carbocycles. The lowest BCUT2D eigenvalue weighted by Crippen LogP contribution is -2.13. The van der Waals surface area contributed by atoms with E-state index in [4.69, 9.17) is 5.73 Å². The number of rotatable bonds is 0. The van der Waals surface area contributed by atoms with Crippen molar-refractivity contribution in [2.45, 2.75) is 10.9 Å². The monoisotopic (exact) mass is 243 g/mol. The highest BCUT2D eigenvalue weighted by Crippen LogP contribution is 2.41. The minimum Gasteiger partial charge on any atom is -0.317 e. The summed E-state index contributed by atoms with van der Waals surface area (Å²) in [6, 6.07) is 5.26. The summed E-state index contributed by atoms with van der Waals surface area (Å²) in [5, 5.41) is 0.0249. The Morgan fingerprint density at radius 3 is 2.92 bits per heavy atom. The van der Waals surface area contributed by atoms with Crippen LogP contribution in [0, 0.1) is 0 Å². The number of fused-ring (bicyclic) bond motifs is 1. The van der Waals surface area contributed by atoms with Gasteiger partial charge in [0.2, 0.25) is 5.12 Å². The third-order valence-corrected chi connectivity index (χ3v) is 3.51. The van der Waals surface area contributed by atoms with Crippen LogP contribution in [0.1, 0.15) is 11.6 Å². The van der Waals surface area contributed by atoms with Gasteiger partial charge in [0, 0.05) is 14.9 Å². The van der Waals surface area contributed by atoms with Crippen LogP contribution in [0.15, 0.2) is 27.6 Å². The first-order chi connectivity index (χ1) is 5.70. The topological polar surface area (TPSA) is 43.1 Å². The second-order valence-corrected chi connectivity index (χ2v) is 4.45. The van der Waals surface area contributed by atoms with Crippen LogP contribution in [-0.2, 0) is 4.79 Å². The summed E-state index contributed by atoms with van der Waals surface area (Å²) in [5.74, 6) is 0. The number of carbonyl (C=O) groups is 1. The van der Waals surface area contributed by atoms with E-state index in [0.717, 1.165) is 14.9 Å². The van der Waals surface area contributed by atoms with E-state index in [0.29, 0.717) is 0 Å². The fourth-order valence-electron chi connectivity index (χ4n) is 1.20. The van der Waals surface area contributed by atoms with E-state index in [-0.39, 0.29) is 5.12 Å². The molecule has 2 rings (SSSR count). The summed E-state index contributed by atoms with van der Waals surface area (Å²) in [5.41, 5.74) is 6.61. The molecule has 0 saturated carbocycles. The maximum absolute atomic E-state index is 11.2. The lowest BCUT2D eigenvalue weighted by atomic mass is 10.1. The first-order valence-corrected chi connectivity index (χ1v) is 5.07. The third kappa shape index (κ3) is 1.11. The van der Waals surface area contributed by atoms with Gasteiger partial charge < -0.3 is 5.73 Å². The number of benzene rings is 1. The molecule has 0 saturated heterocycles. The van der Waals surface area contributed by atoms with Crippen molar-refractivity contribution in [3.63, 3.8) is 0 Å². The van der Waals surface area contributed by atoms with E-state index in [1.165, 1.54) is 11.8 Å². The summed E-state index contributed by atoms with van der Waals surface area (Å²) in [6.45, 7) is 0. The summed E-state index contributed by atoms with van der Waals surface area (Å²) < 4.78 is 0.922. The normalized spacial score (nSPS) is 21.2. The molecule has 0 aromatic heterocycles. The Morgan fingerprint density at radius 2 is 2.25 bits per heavy atom. The van der Waals surface area contributed by atoms with Gasteiger partial charge in [-0.3, -0.25) is 4.79 Å². The van der Waals surface area contributed by atoms with Crippen LogP contribution in [0.4, 0.5) is 0 Å². The minimum absolute atomic E-state index is 0.0249. The highest BCUT2D eigenvalue weighted by atomic mass is 79.9. The largest absolute Gasteiger partial charge is 0.317 e. The Labute approximate surface area is 82.6 Å². The molecular weight excluding hydrogens is 238 g/mol. The van der Waals surface area contributed by atoms with Crippen molar-refractivity contribution in [1.29, 1.82) is 0 Å². The van der Waals surface area contributed by atoms with Gasteiger partial charge in [-0.05, 0) is 23.9 Å². The van der Waals surface area contributed by atoms with Crippen molar-refractivity contribution in [3.05, 3.63) is 28.2 Å². The van der Waals surface area contributed by atoms with E-state index >= 15 is 0 Å². The van der Waals surface area contributed by atoms with Gasteiger partial charge in [0.25, 0.3) is 0 Å². The quantitative estimate of drug-likeness (QED) is 0.759. The average molecular weight is 244 g/mol. The van der Waals surface area contributed by atoms with Gasteiger partial charge in [-0.2, -0.15) is 0 Å². The van der Waals surface area contributed by atoms with Gasteiger partial charge >= 0.3 is 0 Å². The van der Waals surface area contributed by atoms with Crippen LogP contribution in [0.5, 0.6) is 0 Å². The van der Waals surface area contributed by atoms with E-state index in [2.05, 4.69) is 15.9 Å². The minimum atomic E-state index is -0.458. The molecule has 0 aliphatic carbocycles. The smallest absolute Gasteiger partial charge is 0.215 e. The molecule has 0 spiro atoms. The molecule has 0 amide bonds. The summed E-state index contributed by atoms with van der Waals surface area (Å²) in [6.07, 6.45) is 0. The molecule has 1 aliphatic rings. The Bertz CT molecular complexity index is 353. The van der Waals surface area contributed by atoms with Gasteiger partial charge in [-0.25, -0.2) is 0 Å². The number of hydrogen-bond acceptors (Lipinski definition) is 3. The third-order valence-electron chi connectivity index (χ3n) is 1.79. The molecule has 2 nitrogen and oxygen atoms in total. The van der Waals surface area contributed by atoms with Gasteiger partial charge in [0.15, 0.2) is 0 Å². The molecule has 1 heterocycles. The van der Waals surface area contributed by atoms with Crippen molar-refractivity contribution in [2.75, 3.05) is 0 Å². The van der Waals surface area contributed by atoms with Crippen LogP contribution in [0.3, 0.4) is 0 Å². The Balaban J connectivity index is 2.62. The molecule has 1 aromatic rings. The zero-order chi connectivity index (χ0) is 8.72. The SMILES string of the molecule is NC1C(=O)Sc2cccc(Br)c21. The molecule has 0 radical (unpaired) electrons. The number of nitrogens with two attached hydrogens (primary N) is 1. The van der Waals surface area contributed by atoms with Crippen LogP contribution >= 0.6 is 27.7 Å². The first-order valence-electron chi connectivity index (χ1n) is 3.46. The molecule has 2 N–H and O–H groups in total. The maximum atomic E-state index is 11.2. The number of halogens is 1. The zero-order valence-electron chi connectivity index (χ0n) is 6.08. The Hall–Kier alpha value is -0.320. The standard InChI is InChI=1S/C8H6BrNOS/c9-4-2-1-3-5-6(4)7(10)8(11)12-5/h1-3,7H,10H2. The maximum Gasteiger partial charge on any atom is 0.215 e. The fourth-order valence-corrected chi connectivity index (χ4v) is 2.90. The number of thioether (sulfide) groups is 1. The van der Waals surface area contributed by atoms with Crippen LogP contribution in [0.25, 0.3) is 0 Å². The first kappa shape index (κ1) is 8.29. The Morgan fingerprint density at radius 1 is 1.50 bits per heavy atom. The number of hydrogen-bond donors (Lipinski definition) is 1. The van der Waals surface area contributed by atoms with Crippen molar-refractivity contribution >= 4 is 32.8 Å². The van der Waals surface area contributed by atoms with E-state index in [9.17, 15) is 4.79 Å². The average Bonchev–Trinajstić information content (AvgIpc) is 2.29. The molecule has 1 aliphatic heterocycles. The molecule has 1 atom stereocenters. The molecule has 0 fully saturated rings. The summed E-state index contributed by atoms with van der Waals surface area (Å²) in [4.78, 5) is 12.2. The van der Waals surface area contributed by atoms with Crippen LogP contribution in [-0.4, -0.2) is 5.12 Å². The van der Waals surface area contributed by atoms with Gasteiger partial charge in [-0.15, -0.1) is 0 Å². The van der Waals surface area contributed by atoms with Crippen LogP contribution in [0.2, 0.25) is 0 Å². The van der Waals surface area contributed by atoms with Crippen molar-refractivity contribution < 1.29 is 4.79 Å². The van der Waals surface area contributed by atoms with E-state index in [1.807, 2.05) is 18.2 Å². The van der Waals surface area contributed by atoms with Gasteiger partial charge in [0.1, 0.15) is 6.04 Å². The molecule has 62 valence electrons. The highest BCUT2D eigenvalue weighted by Gasteiger charge is 2.29. The van der Waals surface area contributed by atoms with Crippen molar-refractivity contribution in [2.24, 2.45) is 5.73 Å². The number of carbonyl (C=O) groups excluding carboxylic acids is 1.